The van der Waals surface area contributed by atoms with Crippen molar-refractivity contribution in [2.24, 2.45) is 10.7 Å². The Bertz CT molecular complexity index is 490. The largest absolute Gasteiger partial charge is 0.370 e. The topological polar surface area (TPSA) is 70.7 Å². The molecule has 0 radical (unpaired) electrons. The fraction of sp³-hybridized carbons (Fsp3) is 0.429. The van der Waals surface area contributed by atoms with E-state index in [2.05, 4.69) is 16.4 Å². The molecule has 1 heterocycles. The standard InChI is InChI=1S/C14H20N4O.HI/c1-16-14(15)17-9-11-4-2-5-12(8-11)10-18-7-3-6-13(18)19;/h2,4-5,8H,3,6-7,9-10H2,1H3,(H3,15,16,17);1H. The second-order valence-corrected chi connectivity index (χ2v) is 4.70. The highest BCUT2D eigenvalue weighted by Crippen LogP contribution is 2.15. The number of hydrogen-bond acceptors (Lipinski definition) is 2. The number of carbonyl (C=O) groups excluding carboxylic acids is 1. The number of halogens is 1. The molecule has 0 saturated carbocycles. The van der Waals surface area contributed by atoms with Gasteiger partial charge in [-0.2, -0.15) is 0 Å². The summed E-state index contributed by atoms with van der Waals surface area (Å²) < 4.78 is 0. The third-order valence-electron chi connectivity index (χ3n) is 3.25. The van der Waals surface area contributed by atoms with Crippen LogP contribution in [0.2, 0.25) is 0 Å². The molecule has 0 aliphatic carbocycles. The number of nitrogens with zero attached hydrogens (tertiary/aromatic N) is 2. The number of benzene rings is 1. The Kier molecular flexibility index (Phi) is 6.77. The van der Waals surface area contributed by atoms with Crippen molar-refractivity contribution in [2.45, 2.75) is 25.9 Å². The lowest BCUT2D eigenvalue weighted by molar-refractivity contribution is -0.128. The predicted molar refractivity (Wildman–Crippen MR) is 90.9 cm³/mol. The van der Waals surface area contributed by atoms with E-state index in [0.29, 0.717) is 25.5 Å². The SMILES string of the molecule is CN=C(N)NCc1cccc(CN2CCCC2=O)c1.I. The van der Waals surface area contributed by atoms with Crippen LogP contribution in [-0.4, -0.2) is 30.4 Å². The van der Waals surface area contributed by atoms with Crippen LogP contribution in [0.5, 0.6) is 0 Å². The van der Waals surface area contributed by atoms with Gasteiger partial charge in [-0.05, 0) is 17.5 Å². The third-order valence-corrected chi connectivity index (χ3v) is 3.25. The molecule has 0 unspecified atom stereocenters. The Labute approximate surface area is 136 Å². The highest BCUT2D eigenvalue weighted by Gasteiger charge is 2.19. The second kappa shape index (κ2) is 8.08. The van der Waals surface area contributed by atoms with Crippen LogP contribution in [0, 0.1) is 0 Å². The molecule has 1 saturated heterocycles. The molecule has 1 aromatic rings. The van der Waals surface area contributed by atoms with Gasteiger partial charge in [0.1, 0.15) is 0 Å². The molecular weight excluding hydrogens is 367 g/mol. The summed E-state index contributed by atoms with van der Waals surface area (Å²) in [5.74, 6) is 0.686. The van der Waals surface area contributed by atoms with Crippen LogP contribution >= 0.6 is 24.0 Å². The van der Waals surface area contributed by atoms with E-state index in [9.17, 15) is 4.79 Å². The van der Waals surface area contributed by atoms with Crippen LogP contribution in [0.1, 0.15) is 24.0 Å². The molecule has 0 atom stereocenters. The maximum atomic E-state index is 11.6. The molecular formula is C14H21IN4O. The van der Waals surface area contributed by atoms with Gasteiger partial charge in [0.25, 0.3) is 0 Å². The van der Waals surface area contributed by atoms with E-state index in [0.717, 1.165) is 24.1 Å². The number of carbonyl (C=O) groups is 1. The summed E-state index contributed by atoms with van der Waals surface area (Å²) in [6.45, 7) is 2.21. The van der Waals surface area contributed by atoms with Gasteiger partial charge < -0.3 is 16.0 Å². The maximum absolute atomic E-state index is 11.6. The van der Waals surface area contributed by atoms with E-state index in [1.807, 2.05) is 23.1 Å². The van der Waals surface area contributed by atoms with E-state index < -0.39 is 0 Å². The monoisotopic (exact) mass is 388 g/mol. The van der Waals surface area contributed by atoms with Crippen molar-refractivity contribution in [2.75, 3.05) is 13.6 Å². The van der Waals surface area contributed by atoms with Crippen LogP contribution in [0.3, 0.4) is 0 Å². The summed E-state index contributed by atoms with van der Waals surface area (Å²) in [7, 11) is 1.65. The number of likely N-dealkylation sites (tertiary alicyclic amines) is 1. The second-order valence-electron chi connectivity index (χ2n) is 4.70. The molecule has 1 aliphatic rings. The highest BCUT2D eigenvalue weighted by atomic mass is 127. The van der Waals surface area contributed by atoms with Crippen LogP contribution < -0.4 is 11.1 Å². The fourth-order valence-corrected chi connectivity index (χ4v) is 2.20. The van der Waals surface area contributed by atoms with Crippen molar-refractivity contribution >= 4 is 35.8 Å². The van der Waals surface area contributed by atoms with E-state index in [4.69, 9.17) is 5.73 Å². The summed E-state index contributed by atoms with van der Waals surface area (Å²) in [5.41, 5.74) is 7.88. The van der Waals surface area contributed by atoms with Gasteiger partial charge in [-0.1, -0.05) is 24.3 Å². The minimum Gasteiger partial charge on any atom is -0.370 e. The molecule has 0 spiro atoms. The average Bonchev–Trinajstić information content (AvgIpc) is 2.82. The Morgan fingerprint density at radius 2 is 2.20 bits per heavy atom. The average molecular weight is 388 g/mol. The minimum absolute atomic E-state index is 0. The Hall–Kier alpha value is -1.31. The first-order valence-corrected chi connectivity index (χ1v) is 6.51. The number of nitrogens with one attached hydrogen (secondary N) is 1. The van der Waals surface area contributed by atoms with Gasteiger partial charge in [0, 0.05) is 33.1 Å². The zero-order chi connectivity index (χ0) is 13.7. The van der Waals surface area contributed by atoms with Gasteiger partial charge in [0.2, 0.25) is 5.91 Å². The van der Waals surface area contributed by atoms with Gasteiger partial charge in [-0.15, -0.1) is 24.0 Å². The van der Waals surface area contributed by atoms with Gasteiger partial charge in [0.15, 0.2) is 5.96 Å². The zero-order valence-electron chi connectivity index (χ0n) is 11.6. The summed E-state index contributed by atoms with van der Waals surface area (Å²) in [5, 5.41) is 3.03. The number of guanidine groups is 1. The lowest BCUT2D eigenvalue weighted by Crippen LogP contribution is -2.30. The van der Waals surface area contributed by atoms with Crippen molar-refractivity contribution in [3.8, 4) is 0 Å². The quantitative estimate of drug-likeness (QED) is 0.466. The summed E-state index contributed by atoms with van der Waals surface area (Å²) in [4.78, 5) is 17.4. The summed E-state index contributed by atoms with van der Waals surface area (Å²) in [6, 6.07) is 8.19. The van der Waals surface area contributed by atoms with Gasteiger partial charge in [-0.25, -0.2) is 0 Å². The van der Waals surface area contributed by atoms with Gasteiger partial charge in [0.05, 0.1) is 0 Å². The number of aliphatic imine (C=N–C) groups is 1. The number of amides is 1. The van der Waals surface area contributed by atoms with E-state index in [1.54, 1.807) is 7.05 Å². The molecule has 2 rings (SSSR count). The van der Waals surface area contributed by atoms with Crippen molar-refractivity contribution in [3.05, 3.63) is 35.4 Å². The molecule has 0 aromatic heterocycles. The fourth-order valence-electron chi connectivity index (χ4n) is 2.20. The lowest BCUT2D eigenvalue weighted by Gasteiger charge is -2.16. The van der Waals surface area contributed by atoms with Crippen molar-refractivity contribution in [1.82, 2.24) is 10.2 Å². The molecule has 6 heteroatoms. The van der Waals surface area contributed by atoms with Crippen LogP contribution in [0.4, 0.5) is 0 Å². The molecule has 110 valence electrons. The maximum Gasteiger partial charge on any atom is 0.222 e. The molecule has 3 N–H and O–H groups in total. The molecule has 1 aliphatic heterocycles. The number of rotatable bonds is 4. The minimum atomic E-state index is 0. The van der Waals surface area contributed by atoms with Crippen LogP contribution in [0.15, 0.2) is 29.3 Å². The highest BCUT2D eigenvalue weighted by molar-refractivity contribution is 14.0. The summed E-state index contributed by atoms with van der Waals surface area (Å²) in [6.07, 6.45) is 1.66. The lowest BCUT2D eigenvalue weighted by atomic mass is 10.1. The molecule has 0 bridgehead atoms. The zero-order valence-corrected chi connectivity index (χ0v) is 14.0. The molecule has 1 amide bonds. The molecule has 1 fully saturated rings. The first-order chi connectivity index (χ1) is 9.19. The smallest absolute Gasteiger partial charge is 0.222 e. The number of nitrogens with two attached hydrogens (primary N) is 1. The van der Waals surface area contributed by atoms with Crippen molar-refractivity contribution < 1.29 is 4.79 Å². The van der Waals surface area contributed by atoms with E-state index in [-0.39, 0.29) is 29.9 Å². The first-order valence-electron chi connectivity index (χ1n) is 6.51. The molecule has 1 aromatic carbocycles. The predicted octanol–water partition coefficient (Wildman–Crippen LogP) is 1.46. The van der Waals surface area contributed by atoms with Gasteiger partial charge in [-0.3, -0.25) is 9.79 Å². The normalized spacial score (nSPS) is 15.2. The van der Waals surface area contributed by atoms with Gasteiger partial charge >= 0.3 is 0 Å². The Morgan fingerprint density at radius 1 is 1.45 bits per heavy atom. The first kappa shape index (κ1) is 16.7. The van der Waals surface area contributed by atoms with Crippen LogP contribution in [0.25, 0.3) is 0 Å². The Morgan fingerprint density at radius 3 is 2.85 bits per heavy atom. The van der Waals surface area contributed by atoms with Crippen molar-refractivity contribution in [1.29, 1.82) is 0 Å². The molecule has 5 nitrogen and oxygen atoms in total. The third kappa shape index (κ3) is 4.66. The number of hydrogen-bond donors (Lipinski definition) is 2. The van der Waals surface area contributed by atoms with E-state index >= 15 is 0 Å². The Balaban J connectivity index is 0.00000200. The van der Waals surface area contributed by atoms with E-state index in [1.165, 1.54) is 0 Å². The van der Waals surface area contributed by atoms with Crippen molar-refractivity contribution in [3.63, 3.8) is 0 Å². The van der Waals surface area contributed by atoms with Crippen LogP contribution in [-0.2, 0) is 17.9 Å². The summed E-state index contributed by atoms with van der Waals surface area (Å²) >= 11 is 0. The molecule has 20 heavy (non-hydrogen) atoms.